The van der Waals surface area contributed by atoms with E-state index in [0.29, 0.717) is 20.6 Å². The van der Waals surface area contributed by atoms with E-state index in [0.717, 1.165) is 0 Å². The Kier molecular flexibility index (Phi) is 4.00. The van der Waals surface area contributed by atoms with E-state index in [1.807, 2.05) is 0 Å². The minimum Gasteiger partial charge on any atom is -0.320 e. The molecule has 1 atom stereocenters. The highest BCUT2D eigenvalue weighted by Crippen LogP contribution is 2.29. The van der Waals surface area contributed by atoms with Gasteiger partial charge in [-0.1, -0.05) is 17.7 Å². The van der Waals surface area contributed by atoms with Crippen LogP contribution in [0.25, 0.3) is 0 Å². The van der Waals surface area contributed by atoms with Crippen molar-refractivity contribution in [3.05, 3.63) is 68.7 Å². The van der Waals surface area contributed by atoms with Gasteiger partial charge in [-0.3, -0.25) is 0 Å². The summed E-state index contributed by atoms with van der Waals surface area (Å²) < 4.78 is 26.9. The summed E-state index contributed by atoms with van der Waals surface area (Å²) in [6, 6.07) is 7.79. The Bertz CT molecular complexity index is 589. The summed E-state index contributed by atoms with van der Waals surface area (Å²) >= 11 is 9.02. The first-order valence-electron chi connectivity index (χ1n) is 5.14. The molecule has 94 valence electrons. The molecule has 0 aliphatic carbocycles. The average Bonchev–Trinajstić information content (AvgIpc) is 2.35. The van der Waals surface area contributed by atoms with Gasteiger partial charge in [-0.25, -0.2) is 8.78 Å². The maximum Gasteiger partial charge on any atom is 0.137 e. The zero-order valence-electron chi connectivity index (χ0n) is 9.13. The quantitative estimate of drug-likeness (QED) is 0.865. The summed E-state index contributed by atoms with van der Waals surface area (Å²) in [6.45, 7) is 0. The SMILES string of the molecule is NC(c1ccc(Br)c(F)c1)c1cc(F)ccc1Cl. The normalized spacial score (nSPS) is 12.5. The lowest BCUT2D eigenvalue weighted by Gasteiger charge is -2.14. The van der Waals surface area contributed by atoms with Crippen LogP contribution in [0.1, 0.15) is 17.2 Å². The zero-order chi connectivity index (χ0) is 13.3. The molecule has 0 aromatic heterocycles. The van der Waals surface area contributed by atoms with Gasteiger partial charge in [0.05, 0.1) is 10.5 Å². The molecular weight excluding hydrogens is 324 g/mol. The number of nitrogens with two attached hydrogens (primary N) is 1. The Hall–Kier alpha value is -0.970. The fraction of sp³-hybridized carbons (Fsp3) is 0.0769. The minimum absolute atomic E-state index is 0.351. The van der Waals surface area contributed by atoms with Crippen molar-refractivity contribution < 1.29 is 8.78 Å². The lowest BCUT2D eigenvalue weighted by atomic mass is 9.99. The van der Waals surface area contributed by atoms with E-state index in [1.54, 1.807) is 12.1 Å². The van der Waals surface area contributed by atoms with Crippen molar-refractivity contribution in [2.24, 2.45) is 5.73 Å². The molecule has 0 bridgehead atoms. The lowest BCUT2D eigenvalue weighted by Crippen LogP contribution is -2.13. The molecular formula is C13H9BrClF2N. The summed E-state index contributed by atoms with van der Waals surface area (Å²) in [5.41, 5.74) is 6.93. The maximum absolute atomic E-state index is 13.4. The predicted molar refractivity (Wildman–Crippen MR) is 71.5 cm³/mol. The van der Waals surface area contributed by atoms with Crippen LogP contribution in [0.15, 0.2) is 40.9 Å². The van der Waals surface area contributed by atoms with Crippen molar-refractivity contribution in [2.45, 2.75) is 6.04 Å². The number of hydrogen-bond donors (Lipinski definition) is 1. The van der Waals surface area contributed by atoms with Crippen LogP contribution in [0.4, 0.5) is 8.78 Å². The first kappa shape index (κ1) is 13.5. The number of hydrogen-bond acceptors (Lipinski definition) is 1. The molecule has 2 aromatic carbocycles. The van der Waals surface area contributed by atoms with Crippen LogP contribution < -0.4 is 5.73 Å². The lowest BCUT2D eigenvalue weighted by molar-refractivity contribution is 0.615. The van der Waals surface area contributed by atoms with Crippen LogP contribution in [-0.4, -0.2) is 0 Å². The molecule has 0 heterocycles. The Morgan fingerprint density at radius 1 is 1.11 bits per heavy atom. The first-order valence-corrected chi connectivity index (χ1v) is 6.31. The second-order valence-corrected chi connectivity index (χ2v) is 5.08. The number of halogens is 4. The minimum atomic E-state index is -0.671. The van der Waals surface area contributed by atoms with Gasteiger partial charge >= 0.3 is 0 Å². The molecule has 18 heavy (non-hydrogen) atoms. The zero-order valence-corrected chi connectivity index (χ0v) is 11.5. The molecule has 2 rings (SSSR count). The molecule has 0 saturated heterocycles. The van der Waals surface area contributed by atoms with E-state index in [1.165, 1.54) is 24.3 Å². The van der Waals surface area contributed by atoms with E-state index in [9.17, 15) is 8.78 Å². The summed E-state index contributed by atoms with van der Waals surface area (Å²) in [5.74, 6) is -0.849. The Labute approximate surface area is 117 Å². The van der Waals surface area contributed by atoms with E-state index >= 15 is 0 Å². The molecule has 5 heteroatoms. The van der Waals surface area contributed by atoms with Crippen molar-refractivity contribution in [1.82, 2.24) is 0 Å². The fourth-order valence-corrected chi connectivity index (χ4v) is 2.12. The summed E-state index contributed by atoms with van der Waals surface area (Å²) in [4.78, 5) is 0. The molecule has 2 aromatic rings. The van der Waals surface area contributed by atoms with Crippen molar-refractivity contribution in [1.29, 1.82) is 0 Å². The van der Waals surface area contributed by atoms with Crippen molar-refractivity contribution in [3.8, 4) is 0 Å². The second kappa shape index (κ2) is 5.34. The van der Waals surface area contributed by atoms with Gasteiger partial charge in [0.2, 0.25) is 0 Å². The summed E-state index contributed by atoms with van der Waals surface area (Å²) in [5, 5.41) is 0.354. The Morgan fingerprint density at radius 2 is 1.83 bits per heavy atom. The van der Waals surface area contributed by atoms with Crippen LogP contribution in [0, 0.1) is 11.6 Å². The predicted octanol–water partition coefficient (Wildman–Crippen LogP) is 4.43. The Morgan fingerprint density at radius 3 is 2.50 bits per heavy atom. The van der Waals surface area contributed by atoms with Gasteiger partial charge in [-0.15, -0.1) is 0 Å². The van der Waals surface area contributed by atoms with Gasteiger partial charge in [0.25, 0.3) is 0 Å². The van der Waals surface area contributed by atoms with Crippen LogP contribution in [0.3, 0.4) is 0 Å². The second-order valence-electron chi connectivity index (χ2n) is 3.82. The molecule has 0 aliphatic rings. The van der Waals surface area contributed by atoms with E-state index in [-0.39, 0.29) is 0 Å². The van der Waals surface area contributed by atoms with Crippen molar-refractivity contribution in [3.63, 3.8) is 0 Å². The number of benzene rings is 2. The van der Waals surface area contributed by atoms with Crippen molar-refractivity contribution in [2.75, 3.05) is 0 Å². The summed E-state index contributed by atoms with van der Waals surface area (Å²) in [6.07, 6.45) is 0. The fourth-order valence-electron chi connectivity index (χ4n) is 1.64. The monoisotopic (exact) mass is 331 g/mol. The molecule has 2 N–H and O–H groups in total. The molecule has 0 saturated carbocycles. The highest BCUT2D eigenvalue weighted by Gasteiger charge is 2.14. The third kappa shape index (κ3) is 2.71. The smallest absolute Gasteiger partial charge is 0.137 e. The molecule has 1 nitrogen and oxygen atoms in total. The van der Waals surface area contributed by atoms with Gasteiger partial charge in [0, 0.05) is 5.02 Å². The van der Waals surface area contributed by atoms with E-state index in [4.69, 9.17) is 17.3 Å². The third-order valence-electron chi connectivity index (χ3n) is 2.60. The topological polar surface area (TPSA) is 26.0 Å². The van der Waals surface area contributed by atoms with Gasteiger partial charge < -0.3 is 5.73 Å². The molecule has 0 spiro atoms. The largest absolute Gasteiger partial charge is 0.320 e. The van der Waals surface area contributed by atoms with Crippen LogP contribution in [0.2, 0.25) is 5.02 Å². The van der Waals surface area contributed by atoms with Gasteiger partial charge in [-0.2, -0.15) is 0 Å². The molecule has 0 aliphatic heterocycles. The molecule has 0 radical (unpaired) electrons. The molecule has 0 fully saturated rings. The van der Waals surface area contributed by atoms with Crippen LogP contribution in [-0.2, 0) is 0 Å². The standard InChI is InChI=1S/C13H9BrClF2N/c14-10-3-1-7(5-12(10)17)13(18)9-6-8(16)2-4-11(9)15/h1-6,13H,18H2. The third-order valence-corrected chi connectivity index (χ3v) is 3.58. The highest BCUT2D eigenvalue weighted by atomic mass is 79.9. The number of rotatable bonds is 2. The van der Waals surface area contributed by atoms with Gasteiger partial charge in [0.1, 0.15) is 11.6 Å². The highest BCUT2D eigenvalue weighted by molar-refractivity contribution is 9.10. The molecule has 1 unspecified atom stereocenters. The molecule has 0 amide bonds. The maximum atomic E-state index is 13.4. The average molecular weight is 333 g/mol. The van der Waals surface area contributed by atoms with Crippen LogP contribution in [0.5, 0.6) is 0 Å². The van der Waals surface area contributed by atoms with Crippen LogP contribution >= 0.6 is 27.5 Å². The van der Waals surface area contributed by atoms with E-state index < -0.39 is 17.7 Å². The van der Waals surface area contributed by atoms with Gasteiger partial charge in [-0.05, 0) is 57.4 Å². The van der Waals surface area contributed by atoms with E-state index in [2.05, 4.69) is 15.9 Å². The van der Waals surface area contributed by atoms with Crippen molar-refractivity contribution >= 4 is 27.5 Å². The Balaban J connectivity index is 2.44. The summed E-state index contributed by atoms with van der Waals surface area (Å²) in [7, 11) is 0. The first-order chi connectivity index (χ1) is 8.49. The van der Waals surface area contributed by atoms with Gasteiger partial charge in [0.15, 0.2) is 0 Å².